The normalized spacial score (nSPS) is 11.2. The molecular formula is C9H3Br2ClN4S. The molecule has 4 nitrogen and oxygen atoms in total. The minimum Gasteiger partial charge on any atom is -0.278 e. The van der Waals surface area contributed by atoms with Crippen LogP contribution in [0.5, 0.6) is 0 Å². The van der Waals surface area contributed by atoms with Gasteiger partial charge < -0.3 is 0 Å². The summed E-state index contributed by atoms with van der Waals surface area (Å²) < 4.78 is 3.83. The van der Waals surface area contributed by atoms with Crippen molar-refractivity contribution in [3.05, 3.63) is 31.9 Å². The van der Waals surface area contributed by atoms with Crippen molar-refractivity contribution in [2.45, 2.75) is 0 Å². The van der Waals surface area contributed by atoms with Gasteiger partial charge >= 0.3 is 0 Å². The molecule has 17 heavy (non-hydrogen) atoms. The van der Waals surface area contributed by atoms with Gasteiger partial charge in [-0.1, -0.05) is 11.6 Å². The monoisotopic (exact) mass is 392 g/mol. The number of hydrogen-bond acceptors (Lipinski definition) is 4. The Morgan fingerprint density at radius 1 is 1.29 bits per heavy atom. The summed E-state index contributed by atoms with van der Waals surface area (Å²) >= 11 is 14.4. The van der Waals surface area contributed by atoms with E-state index in [1.54, 1.807) is 23.7 Å². The molecule has 3 heterocycles. The standard InChI is InChI=1S/C9H3Br2ClN4S/c10-4-3-5(17-6(4)11)8-14-15-9-7(12)13-1-2-16(8)9/h1-3H. The predicted octanol–water partition coefficient (Wildman–Crippen LogP) is 4.03. The van der Waals surface area contributed by atoms with E-state index in [9.17, 15) is 0 Å². The molecule has 0 amide bonds. The zero-order chi connectivity index (χ0) is 12.0. The van der Waals surface area contributed by atoms with Gasteiger partial charge in [-0.15, -0.1) is 21.5 Å². The van der Waals surface area contributed by atoms with Crippen molar-refractivity contribution in [1.29, 1.82) is 0 Å². The molecular weight excluding hydrogens is 391 g/mol. The van der Waals surface area contributed by atoms with Crippen LogP contribution in [0.3, 0.4) is 0 Å². The van der Waals surface area contributed by atoms with E-state index in [0.717, 1.165) is 19.0 Å². The molecule has 0 N–H and O–H groups in total. The Morgan fingerprint density at radius 2 is 2.12 bits per heavy atom. The van der Waals surface area contributed by atoms with E-state index in [0.29, 0.717) is 10.8 Å². The lowest BCUT2D eigenvalue weighted by Crippen LogP contribution is -1.89. The highest BCUT2D eigenvalue weighted by Crippen LogP contribution is 2.37. The molecule has 0 atom stereocenters. The molecule has 0 spiro atoms. The zero-order valence-electron chi connectivity index (χ0n) is 8.06. The highest BCUT2D eigenvalue weighted by atomic mass is 79.9. The molecule has 8 heteroatoms. The number of hydrogen-bond donors (Lipinski definition) is 0. The summed E-state index contributed by atoms with van der Waals surface area (Å²) in [7, 11) is 0. The topological polar surface area (TPSA) is 43.1 Å². The maximum Gasteiger partial charge on any atom is 0.198 e. The first kappa shape index (κ1) is 11.6. The van der Waals surface area contributed by atoms with Crippen LogP contribution < -0.4 is 0 Å². The molecule has 3 aromatic heterocycles. The molecule has 0 radical (unpaired) electrons. The van der Waals surface area contributed by atoms with Crippen molar-refractivity contribution < 1.29 is 0 Å². The molecule has 0 saturated carbocycles. The fourth-order valence-corrected chi connectivity index (χ4v) is 3.62. The van der Waals surface area contributed by atoms with Crippen LogP contribution in [-0.2, 0) is 0 Å². The molecule has 0 aliphatic heterocycles. The highest BCUT2D eigenvalue weighted by molar-refractivity contribution is 9.13. The number of aromatic nitrogens is 4. The van der Waals surface area contributed by atoms with Gasteiger partial charge in [-0.3, -0.25) is 4.40 Å². The lowest BCUT2D eigenvalue weighted by molar-refractivity contribution is 1.12. The van der Waals surface area contributed by atoms with Crippen LogP contribution in [-0.4, -0.2) is 19.6 Å². The Balaban J connectivity index is 2.28. The van der Waals surface area contributed by atoms with Gasteiger partial charge in [0.2, 0.25) is 0 Å². The Kier molecular flexibility index (Phi) is 2.94. The predicted molar refractivity (Wildman–Crippen MR) is 74.5 cm³/mol. The molecule has 0 aromatic carbocycles. The molecule has 0 unspecified atom stereocenters. The van der Waals surface area contributed by atoms with E-state index in [1.807, 2.05) is 10.5 Å². The fraction of sp³-hybridized carbons (Fsp3) is 0. The second-order valence-corrected chi connectivity index (χ2v) is 6.75. The summed E-state index contributed by atoms with van der Waals surface area (Å²) in [5, 5.41) is 8.51. The fourth-order valence-electron chi connectivity index (χ4n) is 1.42. The molecule has 86 valence electrons. The molecule has 0 saturated heterocycles. The summed E-state index contributed by atoms with van der Waals surface area (Å²) in [5.41, 5.74) is 0.560. The van der Waals surface area contributed by atoms with Crippen molar-refractivity contribution in [2.75, 3.05) is 0 Å². The first-order chi connectivity index (χ1) is 8.16. The molecule has 0 aliphatic carbocycles. The third-order valence-corrected chi connectivity index (χ3v) is 5.67. The Labute approximate surface area is 122 Å². The quantitative estimate of drug-likeness (QED) is 0.626. The van der Waals surface area contributed by atoms with Gasteiger partial charge in [-0.25, -0.2) is 4.98 Å². The number of fused-ring (bicyclic) bond motifs is 1. The third-order valence-electron chi connectivity index (χ3n) is 2.15. The summed E-state index contributed by atoms with van der Waals surface area (Å²) in [6.07, 6.45) is 3.41. The van der Waals surface area contributed by atoms with Crippen LogP contribution in [0.1, 0.15) is 0 Å². The highest BCUT2D eigenvalue weighted by Gasteiger charge is 2.14. The van der Waals surface area contributed by atoms with Crippen molar-refractivity contribution in [3.8, 4) is 10.7 Å². The average molecular weight is 394 g/mol. The Bertz CT molecular complexity index is 689. The van der Waals surface area contributed by atoms with Crippen LogP contribution in [0.4, 0.5) is 0 Å². The lowest BCUT2D eigenvalue weighted by Gasteiger charge is -1.96. The van der Waals surface area contributed by atoms with Gasteiger partial charge in [0.1, 0.15) is 0 Å². The Morgan fingerprint density at radius 3 is 2.82 bits per heavy atom. The zero-order valence-corrected chi connectivity index (χ0v) is 12.8. The van der Waals surface area contributed by atoms with Crippen molar-refractivity contribution >= 4 is 60.4 Å². The van der Waals surface area contributed by atoms with E-state index >= 15 is 0 Å². The van der Waals surface area contributed by atoms with Gasteiger partial charge in [0.05, 0.1) is 8.66 Å². The molecule has 3 aromatic rings. The maximum absolute atomic E-state index is 5.94. The average Bonchev–Trinajstić information content (AvgIpc) is 2.85. The van der Waals surface area contributed by atoms with E-state index in [-0.39, 0.29) is 0 Å². The first-order valence-corrected chi connectivity index (χ1v) is 7.25. The minimum absolute atomic E-state index is 0.348. The van der Waals surface area contributed by atoms with Gasteiger partial charge in [-0.2, -0.15) is 0 Å². The van der Waals surface area contributed by atoms with E-state index in [2.05, 4.69) is 47.0 Å². The van der Waals surface area contributed by atoms with E-state index < -0.39 is 0 Å². The van der Waals surface area contributed by atoms with Crippen molar-refractivity contribution in [3.63, 3.8) is 0 Å². The summed E-state index contributed by atoms with van der Waals surface area (Å²) in [6.45, 7) is 0. The van der Waals surface area contributed by atoms with Crippen LogP contribution in [0.2, 0.25) is 5.15 Å². The van der Waals surface area contributed by atoms with Gasteiger partial charge in [-0.05, 0) is 37.9 Å². The minimum atomic E-state index is 0.348. The lowest BCUT2D eigenvalue weighted by atomic mass is 10.4. The van der Waals surface area contributed by atoms with Crippen LogP contribution in [0.25, 0.3) is 16.3 Å². The SMILES string of the molecule is Clc1nccn2c(-c3cc(Br)c(Br)s3)nnc12. The number of halogens is 3. The first-order valence-electron chi connectivity index (χ1n) is 4.47. The summed E-state index contributed by atoms with van der Waals surface area (Å²) in [6, 6.07) is 1.99. The second-order valence-electron chi connectivity index (χ2n) is 3.17. The smallest absolute Gasteiger partial charge is 0.198 e. The molecule has 3 rings (SSSR count). The number of thiophene rings is 1. The van der Waals surface area contributed by atoms with Gasteiger partial charge in [0, 0.05) is 16.9 Å². The van der Waals surface area contributed by atoms with E-state index in [4.69, 9.17) is 11.6 Å². The Hall–Kier alpha value is -0.500. The molecule has 0 bridgehead atoms. The summed E-state index contributed by atoms with van der Waals surface area (Å²) in [5.74, 6) is 0.751. The maximum atomic E-state index is 5.94. The van der Waals surface area contributed by atoms with Crippen LogP contribution in [0.15, 0.2) is 26.7 Å². The number of nitrogens with zero attached hydrogens (tertiary/aromatic N) is 4. The molecule has 0 aliphatic rings. The molecule has 0 fully saturated rings. The third kappa shape index (κ3) is 1.91. The second kappa shape index (κ2) is 4.31. The van der Waals surface area contributed by atoms with Crippen LogP contribution >= 0.6 is 54.8 Å². The summed E-state index contributed by atoms with van der Waals surface area (Å²) in [4.78, 5) is 4.96. The van der Waals surface area contributed by atoms with Crippen LogP contribution in [0, 0.1) is 0 Å². The van der Waals surface area contributed by atoms with Crippen molar-refractivity contribution in [2.24, 2.45) is 0 Å². The largest absolute Gasteiger partial charge is 0.278 e. The van der Waals surface area contributed by atoms with Gasteiger partial charge in [0.15, 0.2) is 16.6 Å². The van der Waals surface area contributed by atoms with Gasteiger partial charge in [0.25, 0.3) is 0 Å². The number of rotatable bonds is 1. The van der Waals surface area contributed by atoms with Crippen molar-refractivity contribution in [1.82, 2.24) is 19.6 Å². The van der Waals surface area contributed by atoms with E-state index in [1.165, 1.54) is 0 Å².